The Morgan fingerprint density at radius 2 is 1.60 bits per heavy atom. The summed E-state index contributed by atoms with van der Waals surface area (Å²) in [6.07, 6.45) is 7.49. The van der Waals surface area contributed by atoms with E-state index in [9.17, 15) is 0 Å². The molecule has 1 fully saturated rings. The van der Waals surface area contributed by atoms with Crippen molar-refractivity contribution in [3.63, 3.8) is 0 Å². The zero-order valence-corrected chi connectivity index (χ0v) is 27.1. The predicted octanol–water partition coefficient (Wildman–Crippen LogP) is 9.15. The van der Waals surface area contributed by atoms with Crippen LogP contribution in [-0.2, 0) is 10.8 Å². The summed E-state index contributed by atoms with van der Waals surface area (Å²) in [6, 6.07) is 11.8. The number of anilines is 4. The Hall–Kier alpha value is -2.36. The minimum absolute atomic E-state index is 0.202. The SMILES string of the molecule is Cc1cc(N(C(C)C)C2CCCC3(CC(C(C)C)Nc4c(C)cc(NC(C)C)cc43)C2)cc2c1NCCC2(C)C. The molecule has 1 spiro atoms. The van der Waals surface area contributed by atoms with E-state index < -0.39 is 0 Å². The molecule has 0 radical (unpaired) electrons. The molecule has 40 heavy (non-hydrogen) atoms. The van der Waals surface area contributed by atoms with Crippen molar-refractivity contribution in [3.05, 3.63) is 46.5 Å². The smallest absolute Gasteiger partial charge is 0.0411 e. The molecule has 3 aliphatic rings. The van der Waals surface area contributed by atoms with Crippen molar-refractivity contribution in [3.8, 4) is 0 Å². The number of aryl methyl sites for hydroxylation is 2. The van der Waals surface area contributed by atoms with Gasteiger partial charge in [0.05, 0.1) is 0 Å². The standard InChI is InChI=1S/C36H56N4/c1-22(2)32-21-36(31-18-27(38-23(3)4)16-25(7)34(31)39-32)13-11-12-28(20-36)40(24(5)6)29-17-26(8)33-30(19-29)35(9,10)14-15-37-33/h16-19,22-24,28,32,37-39H,11-15,20-21H2,1-10H3. The van der Waals surface area contributed by atoms with Gasteiger partial charge < -0.3 is 20.9 Å². The number of nitrogens with one attached hydrogen (secondary N) is 3. The summed E-state index contributed by atoms with van der Waals surface area (Å²) in [7, 11) is 0. The average Bonchev–Trinajstić information content (AvgIpc) is 2.85. The Morgan fingerprint density at radius 1 is 0.875 bits per heavy atom. The van der Waals surface area contributed by atoms with Crippen molar-refractivity contribution in [1.82, 2.24) is 0 Å². The third kappa shape index (κ3) is 5.32. The zero-order valence-electron chi connectivity index (χ0n) is 27.1. The van der Waals surface area contributed by atoms with Gasteiger partial charge in [0, 0.05) is 58.9 Å². The van der Waals surface area contributed by atoms with Crippen molar-refractivity contribution in [1.29, 1.82) is 0 Å². The summed E-state index contributed by atoms with van der Waals surface area (Å²) < 4.78 is 0. The third-order valence-corrected chi connectivity index (χ3v) is 10.3. The van der Waals surface area contributed by atoms with Gasteiger partial charge >= 0.3 is 0 Å². The summed E-state index contributed by atoms with van der Waals surface area (Å²) >= 11 is 0. The van der Waals surface area contributed by atoms with Gasteiger partial charge in [0.1, 0.15) is 0 Å². The van der Waals surface area contributed by atoms with Crippen LogP contribution in [0, 0.1) is 19.8 Å². The second-order valence-electron chi connectivity index (χ2n) is 15.0. The second-order valence-corrected chi connectivity index (χ2v) is 15.0. The van der Waals surface area contributed by atoms with Crippen LogP contribution < -0.4 is 20.9 Å². The quantitative estimate of drug-likeness (QED) is 0.339. The molecule has 2 aliphatic heterocycles. The highest BCUT2D eigenvalue weighted by Crippen LogP contribution is 2.53. The summed E-state index contributed by atoms with van der Waals surface area (Å²) in [6.45, 7) is 24.6. The zero-order chi connectivity index (χ0) is 29.0. The average molecular weight is 545 g/mol. The molecule has 5 rings (SSSR count). The van der Waals surface area contributed by atoms with Crippen LogP contribution in [0.15, 0.2) is 24.3 Å². The van der Waals surface area contributed by atoms with Gasteiger partial charge in [0.15, 0.2) is 0 Å². The van der Waals surface area contributed by atoms with Crippen LogP contribution in [0.3, 0.4) is 0 Å². The molecular weight excluding hydrogens is 488 g/mol. The van der Waals surface area contributed by atoms with Crippen LogP contribution in [0.5, 0.6) is 0 Å². The van der Waals surface area contributed by atoms with Gasteiger partial charge in [-0.05, 0) is 131 Å². The van der Waals surface area contributed by atoms with Crippen LogP contribution in [0.4, 0.5) is 22.7 Å². The maximum atomic E-state index is 4.02. The monoisotopic (exact) mass is 544 g/mol. The van der Waals surface area contributed by atoms with E-state index in [2.05, 4.69) is 114 Å². The molecule has 2 aromatic carbocycles. The number of fused-ring (bicyclic) bond motifs is 3. The van der Waals surface area contributed by atoms with Crippen LogP contribution in [0.1, 0.15) is 116 Å². The summed E-state index contributed by atoms with van der Waals surface area (Å²) in [4.78, 5) is 2.80. The fraction of sp³-hybridized carbons (Fsp3) is 0.667. The van der Waals surface area contributed by atoms with Crippen molar-refractivity contribution in [2.45, 2.75) is 143 Å². The van der Waals surface area contributed by atoms with Gasteiger partial charge in [-0.15, -0.1) is 0 Å². The molecule has 3 atom stereocenters. The van der Waals surface area contributed by atoms with Gasteiger partial charge in [0.2, 0.25) is 0 Å². The van der Waals surface area contributed by atoms with E-state index in [1.807, 2.05) is 0 Å². The highest BCUT2D eigenvalue weighted by Gasteiger charge is 2.46. The molecule has 2 aromatic rings. The van der Waals surface area contributed by atoms with E-state index in [-0.39, 0.29) is 10.8 Å². The Kier molecular flexibility index (Phi) is 7.87. The largest absolute Gasteiger partial charge is 0.385 e. The van der Waals surface area contributed by atoms with Crippen LogP contribution in [-0.4, -0.2) is 30.7 Å². The lowest BCUT2D eigenvalue weighted by molar-refractivity contribution is 0.210. The van der Waals surface area contributed by atoms with Gasteiger partial charge in [-0.3, -0.25) is 0 Å². The molecule has 0 amide bonds. The molecule has 2 heterocycles. The highest BCUT2D eigenvalue weighted by molar-refractivity contribution is 5.71. The van der Waals surface area contributed by atoms with E-state index in [0.29, 0.717) is 30.1 Å². The van der Waals surface area contributed by atoms with Crippen molar-refractivity contribution in [2.24, 2.45) is 5.92 Å². The van der Waals surface area contributed by atoms with Gasteiger partial charge in [0.25, 0.3) is 0 Å². The molecule has 0 saturated heterocycles. The number of nitrogens with zero attached hydrogens (tertiary/aromatic N) is 1. The van der Waals surface area contributed by atoms with Crippen molar-refractivity contribution < 1.29 is 0 Å². The molecule has 1 aliphatic carbocycles. The van der Waals surface area contributed by atoms with Gasteiger partial charge in [-0.25, -0.2) is 0 Å². The molecule has 0 bridgehead atoms. The number of rotatable bonds is 6. The number of hydrogen-bond acceptors (Lipinski definition) is 4. The lowest BCUT2D eigenvalue weighted by Crippen LogP contribution is -2.51. The van der Waals surface area contributed by atoms with E-state index in [4.69, 9.17) is 0 Å². The molecule has 4 heteroatoms. The van der Waals surface area contributed by atoms with Crippen LogP contribution in [0.25, 0.3) is 0 Å². The summed E-state index contributed by atoms with van der Waals surface area (Å²) in [5, 5.41) is 11.5. The van der Waals surface area contributed by atoms with E-state index in [1.165, 1.54) is 78.0 Å². The Labute approximate surface area is 245 Å². The second kappa shape index (κ2) is 10.8. The lowest BCUT2D eigenvalue weighted by Gasteiger charge is -2.52. The first kappa shape index (κ1) is 29.1. The normalized spacial score (nSPS) is 25.4. The first-order valence-corrected chi connectivity index (χ1v) is 16.2. The summed E-state index contributed by atoms with van der Waals surface area (Å²) in [5.41, 5.74) is 11.7. The maximum Gasteiger partial charge on any atom is 0.0411 e. The fourth-order valence-electron chi connectivity index (χ4n) is 8.23. The first-order chi connectivity index (χ1) is 18.8. The minimum Gasteiger partial charge on any atom is -0.385 e. The Morgan fingerprint density at radius 3 is 2.27 bits per heavy atom. The van der Waals surface area contributed by atoms with E-state index >= 15 is 0 Å². The topological polar surface area (TPSA) is 39.3 Å². The number of hydrogen-bond donors (Lipinski definition) is 3. The third-order valence-electron chi connectivity index (χ3n) is 10.3. The number of benzene rings is 2. The fourth-order valence-corrected chi connectivity index (χ4v) is 8.23. The van der Waals surface area contributed by atoms with Crippen molar-refractivity contribution in [2.75, 3.05) is 27.4 Å². The predicted molar refractivity (Wildman–Crippen MR) is 176 cm³/mol. The summed E-state index contributed by atoms with van der Waals surface area (Å²) in [5.74, 6) is 0.609. The van der Waals surface area contributed by atoms with Crippen LogP contribution >= 0.6 is 0 Å². The van der Waals surface area contributed by atoms with Gasteiger partial charge in [-0.2, -0.15) is 0 Å². The molecule has 1 saturated carbocycles. The molecule has 3 unspecified atom stereocenters. The van der Waals surface area contributed by atoms with E-state index in [1.54, 1.807) is 5.56 Å². The Bertz CT molecular complexity index is 1230. The molecule has 3 N–H and O–H groups in total. The minimum atomic E-state index is 0.202. The molecule has 4 nitrogen and oxygen atoms in total. The molecular formula is C36H56N4. The molecule has 220 valence electrons. The van der Waals surface area contributed by atoms with E-state index in [0.717, 1.165) is 6.54 Å². The van der Waals surface area contributed by atoms with Gasteiger partial charge in [-0.1, -0.05) is 34.1 Å². The molecule has 0 aromatic heterocycles. The lowest BCUT2D eigenvalue weighted by atomic mass is 9.61. The Balaban J connectivity index is 1.58. The van der Waals surface area contributed by atoms with Crippen LogP contribution in [0.2, 0.25) is 0 Å². The highest BCUT2D eigenvalue weighted by atomic mass is 15.2. The first-order valence-electron chi connectivity index (χ1n) is 16.2. The van der Waals surface area contributed by atoms with Crippen molar-refractivity contribution >= 4 is 22.7 Å². The maximum absolute atomic E-state index is 4.02.